The summed E-state index contributed by atoms with van der Waals surface area (Å²) in [6.45, 7) is 3.74. The molecule has 2 rings (SSSR count). The monoisotopic (exact) mass is 215 g/mol. The number of hydrogen-bond donors (Lipinski definition) is 1. The zero-order valence-electron chi connectivity index (χ0n) is 9.27. The molecule has 82 valence electrons. The highest BCUT2D eigenvalue weighted by molar-refractivity contribution is 5.42. The number of nitrogen functional groups attached to an aromatic ring is 1. The van der Waals surface area contributed by atoms with E-state index in [-0.39, 0.29) is 0 Å². The number of hydrogen-bond acceptors (Lipinski definition) is 4. The highest BCUT2D eigenvalue weighted by atomic mass is 16.5. The Bertz CT molecular complexity index is 494. The quantitative estimate of drug-likeness (QED) is 0.782. The number of nitrogens with two attached hydrogens (primary N) is 1. The summed E-state index contributed by atoms with van der Waals surface area (Å²) in [6.07, 6.45) is 1.71. The normalized spacial score (nSPS) is 10.1. The Kier molecular flexibility index (Phi) is 2.72. The number of nitrogens with zero attached hydrogens (tertiary/aromatic N) is 2. The van der Waals surface area contributed by atoms with Gasteiger partial charge in [0, 0.05) is 11.9 Å². The molecule has 4 nitrogen and oxygen atoms in total. The number of benzene rings is 1. The molecule has 1 aromatic heterocycles. The lowest BCUT2D eigenvalue weighted by Crippen LogP contribution is -1.96. The van der Waals surface area contributed by atoms with Gasteiger partial charge in [-0.1, -0.05) is 0 Å². The Hall–Kier alpha value is -2.10. The molecule has 0 amide bonds. The van der Waals surface area contributed by atoms with Crippen molar-refractivity contribution in [2.24, 2.45) is 0 Å². The van der Waals surface area contributed by atoms with Gasteiger partial charge in [0.2, 0.25) is 5.88 Å². The summed E-state index contributed by atoms with van der Waals surface area (Å²) in [7, 11) is 0. The van der Waals surface area contributed by atoms with Crippen molar-refractivity contribution < 1.29 is 4.74 Å². The molecule has 0 aliphatic heterocycles. The maximum absolute atomic E-state index is 5.62. The van der Waals surface area contributed by atoms with Gasteiger partial charge >= 0.3 is 0 Å². The lowest BCUT2D eigenvalue weighted by atomic mass is 10.3. The van der Waals surface area contributed by atoms with E-state index in [1.54, 1.807) is 30.5 Å². The fourth-order valence-electron chi connectivity index (χ4n) is 1.26. The Labute approximate surface area is 94.1 Å². The average Bonchev–Trinajstić information content (AvgIpc) is 2.27. The summed E-state index contributed by atoms with van der Waals surface area (Å²) >= 11 is 0. The van der Waals surface area contributed by atoms with Crippen LogP contribution in [0.2, 0.25) is 0 Å². The predicted octanol–water partition coefficient (Wildman–Crippen LogP) is 2.47. The molecule has 2 aromatic rings. The minimum Gasteiger partial charge on any atom is -0.437 e. The van der Waals surface area contributed by atoms with Gasteiger partial charge in [-0.15, -0.1) is 0 Å². The molecule has 0 radical (unpaired) electrons. The highest BCUT2D eigenvalue weighted by Crippen LogP contribution is 2.22. The zero-order chi connectivity index (χ0) is 11.5. The third-order valence-corrected chi connectivity index (χ3v) is 2.13. The summed E-state index contributed by atoms with van der Waals surface area (Å²) in [6, 6.07) is 7.18. The third kappa shape index (κ3) is 2.28. The van der Waals surface area contributed by atoms with Gasteiger partial charge in [0.05, 0.1) is 11.4 Å². The van der Waals surface area contributed by atoms with Crippen LogP contribution in [-0.2, 0) is 0 Å². The lowest BCUT2D eigenvalue weighted by molar-refractivity contribution is 0.454. The van der Waals surface area contributed by atoms with E-state index in [1.165, 1.54) is 0 Å². The van der Waals surface area contributed by atoms with Gasteiger partial charge in [-0.05, 0) is 38.1 Å². The molecule has 16 heavy (non-hydrogen) atoms. The Morgan fingerprint density at radius 3 is 2.50 bits per heavy atom. The smallest absolute Gasteiger partial charge is 0.241 e. The van der Waals surface area contributed by atoms with E-state index in [0.717, 1.165) is 11.4 Å². The second-order valence-corrected chi connectivity index (χ2v) is 3.57. The molecule has 4 heteroatoms. The fraction of sp³-hybridized carbons (Fsp3) is 0.167. The molecular formula is C12H13N3O. The number of aryl methyl sites for hydroxylation is 2. The number of aromatic nitrogens is 2. The van der Waals surface area contributed by atoms with Crippen LogP contribution in [0.25, 0.3) is 0 Å². The van der Waals surface area contributed by atoms with Gasteiger partial charge in [0.15, 0.2) is 0 Å². The second kappa shape index (κ2) is 4.18. The minimum absolute atomic E-state index is 0.532. The van der Waals surface area contributed by atoms with Crippen LogP contribution in [0.5, 0.6) is 11.6 Å². The molecule has 1 aromatic carbocycles. The summed E-state index contributed by atoms with van der Waals surface area (Å²) in [5.41, 5.74) is 7.89. The van der Waals surface area contributed by atoms with Gasteiger partial charge in [-0.25, -0.2) is 4.98 Å². The van der Waals surface area contributed by atoms with Crippen LogP contribution in [0.15, 0.2) is 30.5 Å². The molecule has 0 spiro atoms. The van der Waals surface area contributed by atoms with Crippen molar-refractivity contribution in [1.82, 2.24) is 9.97 Å². The van der Waals surface area contributed by atoms with Crippen molar-refractivity contribution in [3.63, 3.8) is 0 Å². The molecule has 0 saturated carbocycles. The van der Waals surface area contributed by atoms with Crippen molar-refractivity contribution >= 4 is 5.69 Å². The van der Waals surface area contributed by atoms with Crippen LogP contribution in [0, 0.1) is 13.8 Å². The van der Waals surface area contributed by atoms with Gasteiger partial charge in [0.25, 0.3) is 0 Å². The molecule has 1 heterocycles. The number of ether oxygens (including phenoxy) is 1. The van der Waals surface area contributed by atoms with Gasteiger partial charge in [0.1, 0.15) is 5.75 Å². The van der Waals surface area contributed by atoms with E-state index < -0.39 is 0 Å². The van der Waals surface area contributed by atoms with Crippen LogP contribution in [-0.4, -0.2) is 9.97 Å². The fourth-order valence-corrected chi connectivity index (χ4v) is 1.26. The van der Waals surface area contributed by atoms with Gasteiger partial charge in [-0.2, -0.15) is 0 Å². The van der Waals surface area contributed by atoms with Crippen LogP contribution >= 0.6 is 0 Å². The predicted molar refractivity (Wildman–Crippen MR) is 62.4 cm³/mol. The lowest BCUT2D eigenvalue weighted by Gasteiger charge is -2.07. The second-order valence-electron chi connectivity index (χ2n) is 3.57. The topological polar surface area (TPSA) is 61.0 Å². The van der Waals surface area contributed by atoms with Gasteiger partial charge in [-0.3, -0.25) is 4.98 Å². The zero-order valence-corrected chi connectivity index (χ0v) is 9.27. The maximum Gasteiger partial charge on any atom is 0.241 e. The van der Waals surface area contributed by atoms with Crippen LogP contribution in [0.3, 0.4) is 0 Å². The number of rotatable bonds is 2. The molecule has 0 unspecified atom stereocenters. The van der Waals surface area contributed by atoms with E-state index in [2.05, 4.69) is 9.97 Å². The Morgan fingerprint density at radius 1 is 1.12 bits per heavy atom. The first-order chi connectivity index (χ1) is 7.65. The van der Waals surface area contributed by atoms with E-state index in [4.69, 9.17) is 10.5 Å². The molecular weight excluding hydrogens is 202 g/mol. The molecule has 0 bridgehead atoms. The van der Waals surface area contributed by atoms with Crippen molar-refractivity contribution in [2.45, 2.75) is 13.8 Å². The first kappa shape index (κ1) is 10.4. The molecule has 0 aliphatic rings. The average molecular weight is 215 g/mol. The molecule has 0 saturated heterocycles. The first-order valence-electron chi connectivity index (χ1n) is 4.99. The van der Waals surface area contributed by atoms with Crippen LogP contribution in [0.4, 0.5) is 5.69 Å². The van der Waals surface area contributed by atoms with Gasteiger partial charge < -0.3 is 10.5 Å². The van der Waals surface area contributed by atoms with Crippen LogP contribution < -0.4 is 10.5 Å². The van der Waals surface area contributed by atoms with E-state index in [0.29, 0.717) is 17.3 Å². The first-order valence-corrected chi connectivity index (χ1v) is 4.99. The summed E-state index contributed by atoms with van der Waals surface area (Å²) in [5, 5.41) is 0. The van der Waals surface area contributed by atoms with Crippen molar-refractivity contribution in [1.29, 1.82) is 0 Å². The van der Waals surface area contributed by atoms with E-state index >= 15 is 0 Å². The molecule has 0 atom stereocenters. The largest absolute Gasteiger partial charge is 0.437 e. The molecule has 0 fully saturated rings. The third-order valence-electron chi connectivity index (χ3n) is 2.13. The minimum atomic E-state index is 0.532. The molecule has 0 aliphatic carbocycles. The summed E-state index contributed by atoms with van der Waals surface area (Å²) in [5.74, 6) is 1.24. The van der Waals surface area contributed by atoms with Crippen LogP contribution in [0.1, 0.15) is 11.4 Å². The number of anilines is 1. The summed E-state index contributed by atoms with van der Waals surface area (Å²) < 4.78 is 5.62. The standard InChI is InChI=1S/C12H13N3O/c1-8-7-14-9(2)12(15-8)16-11-5-3-10(13)4-6-11/h3-7H,13H2,1-2H3. The Morgan fingerprint density at radius 2 is 1.81 bits per heavy atom. The molecule has 2 N–H and O–H groups in total. The van der Waals surface area contributed by atoms with Crippen molar-refractivity contribution in [3.8, 4) is 11.6 Å². The summed E-state index contributed by atoms with van der Waals surface area (Å²) in [4.78, 5) is 8.45. The van der Waals surface area contributed by atoms with Crippen molar-refractivity contribution in [3.05, 3.63) is 41.9 Å². The highest BCUT2D eigenvalue weighted by Gasteiger charge is 2.04. The maximum atomic E-state index is 5.62. The SMILES string of the molecule is Cc1cnc(C)c(Oc2ccc(N)cc2)n1. The van der Waals surface area contributed by atoms with E-state index in [1.807, 2.05) is 13.8 Å². The van der Waals surface area contributed by atoms with E-state index in [9.17, 15) is 0 Å². The Balaban J connectivity index is 2.26. The van der Waals surface area contributed by atoms with Crippen molar-refractivity contribution in [2.75, 3.05) is 5.73 Å².